The summed E-state index contributed by atoms with van der Waals surface area (Å²) in [4.78, 5) is 0. The van der Waals surface area contributed by atoms with Crippen molar-refractivity contribution in [2.24, 2.45) is 0 Å². The highest BCUT2D eigenvalue weighted by Crippen LogP contribution is 2.18. The molecular weight excluding hydrogens is 174 g/mol. The van der Waals surface area contributed by atoms with Gasteiger partial charge in [0.15, 0.2) is 0 Å². The molecule has 1 unspecified atom stereocenters. The van der Waals surface area contributed by atoms with E-state index in [1.807, 2.05) is 31.3 Å². The minimum Gasteiger partial charge on any atom is -0.496 e. The van der Waals surface area contributed by atoms with Gasteiger partial charge in [0, 0.05) is 11.6 Å². The number of likely N-dealkylation sites (N-methyl/N-ethyl adjacent to an activating group) is 1. The molecule has 0 amide bonds. The molecule has 0 aliphatic heterocycles. The molecule has 0 spiro atoms. The standard InChI is InChI=1S/C12H17NO/c1-10(13-2)8-9-11-6-4-5-7-12(11)14-3/h4-10,13H,1-3H3. The molecule has 14 heavy (non-hydrogen) atoms. The first-order valence-electron chi connectivity index (χ1n) is 4.76. The lowest BCUT2D eigenvalue weighted by atomic mass is 10.1. The summed E-state index contributed by atoms with van der Waals surface area (Å²) in [6, 6.07) is 8.35. The summed E-state index contributed by atoms with van der Waals surface area (Å²) in [6.45, 7) is 2.10. The van der Waals surface area contributed by atoms with Gasteiger partial charge < -0.3 is 10.1 Å². The van der Waals surface area contributed by atoms with Crippen LogP contribution in [0.4, 0.5) is 0 Å². The first-order valence-corrected chi connectivity index (χ1v) is 4.76. The zero-order valence-electron chi connectivity index (χ0n) is 8.95. The second kappa shape index (κ2) is 5.45. The first-order chi connectivity index (χ1) is 6.77. The Morgan fingerprint density at radius 2 is 2.07 bits per heavy atom. The number of nitrogens with one attached hydrogen (secondary N) is 1. The van der Waals surface area contributed by atoms with Crippen molar-refractivity contribution in [1.82, 2.24) is 5.32 Å². The van der Waals surface area contributed by atoms with Crippen molar-refractivity contribution in [3.05, 3.63) is 35.9 Å². The molecule has 1 rings (SSSR count). The van der Waals surface area contributed by atoms with E-state index in [4.69, 9.17) is 4.74 Å². The van der Waals surface area contributed by atoms with Crippen molar-refractivity contribution < 1.29 is 4.74 Å². The van der Waals surface area contributed by atoms with Crippen LogP contribution in [0, 0.1) is 0 Å². The van der Waals surface area contributed by atoms with Crippen molar-refractivity contribution >= 4 is 6.08 Å². The predicted octanol–water partition coefficient (Wildman–Crippen LogP) is 2.32. The van der Waals surface area contributed by atoms with Gasteiger partial charge in [-0.1, -0.05) is 30.4 Å². The summed E-state index contributed by atoms with van der Waals surface area (Å²) in [5.74, 6) is 0.909. The molecule has 2 nitrogen and oxygen atoms in total. The van der Waals surface area contributed by atoms with E-state index in [9.17, 15) is 0 Å². The SMILES string of the molecule is CNC(C)C=Cc1ccccc1OC. The largest absolute Gasteiger partial charge is 0.496 e. The van der Waals surface area contributed by atoms with Crippen molar-refractivity contribution in [3.8, 4) is 5.75 Å². The van der Waals surface area contributed by atoms with Crippen LogP contribution in [0.25, 0.3) is 6.08 Å². The Balaban J connectivity index is 2.80. The summed E-state index contributed by atoms with van der Waals surface area (Å²) >= 11 is 0. The molecule has 0 aliphatic rings. The van der Waals surface area contributed by atoms with E-state index >= 15 is 0 Å². The van der Waals surface area contributed by atoms with E-state index in [1.165, 1.54) is 0 Å². The van der Waals surface area contributed by atoms with Gasteiger partial charge in [0.1, 0.15) is 5.75 Å². The van der Waals surface area contributed by atoms with Crippen LogP contribution in [0.3, 0.4) is 0 Å². The van der Waals surface area contributed by atoms with Gasteiger partial charge in [-0.05, 0) is 20.0 Å². The summed E-state index contributed by atoms with van der Waals surface area (Å²) in [5, 5.41) is 3.15. The van der Waals surface area contributed by atoms with E-state index in [1.54, 1.807) is 7.11 Å². The third kappa shape index (κ3) is 2.89. The Kier molecular flexibility index (Phi) is 4.20. The number of benzene rings is 1. The molecule has 1 aromatic carbocycles. The highest BCUT2D eigenvalue weighted by atomic mass is 16.5. The monoisotopic (exact) mass is 191 g/mol. The molecule has 0 aromatic heterocycles. The Bertz CT molecular complexity index is 307. The van der Waals surface area contributed by atoms with Crippen molar-refractivity contribution in [2.75, 3.05) is 14.2 Å². The van der Waals surface area contributed by atoms with E-state index in [2.05, 4.69) is 24.4 Å². The molecule has 1 atom stereocenters. The van der Waals surface area contributed by atoms with Crippen LogP contribution in [0.2, 0.25) is 0 Å². The van der Waals surface area contributed by atoms with Gasteiger partial charge in [-0.2, -0.15) is 0 Å². The Hall–Kier alpha value is -1.28. The zero-order chi connectivity index (χ0) is 10.4. The van der Waals surface area contributed by atoms with Gasteiger partial charge in [-0.3, -0.25) is 0 Å². The molecule has 2 heteroatoms. The third-order valence-corrected chi connectivity index (χ3v) is 2.16. The van der Waals surface area contributed by atoms with Crippen LogP contribution in [0.5, 0.6) is 5.75 Å². The minimum atomic E-state index is 0.375. The maximum absolute atomic E-state index is 5.24. The van der Waals surface area contributed by atoms with Gasteiger partial charge >= 0.3 is 0 Å². The van der Waals surface area contributed by atoms with E-state index in [0.29, 0.717) is 6.04 Å². The predicted molar refractivity (Wildman–Crippen MR) is 60.5 cm³/mol. The number of hydrogen-bond donors (Lipinski definition) is 1. The first kappa shape index (κ1) is 10.8. The van der Waals surface area contributed by atoms with Crippen molar-refractivity contribution in [1.29, 1.82) is 0 Å². The minimum absolute atomic E-state index is 0.375. The van der Waals surface area contributed by atoms with E-state index < -0.39 is 0 Å². The van der Waals surface area contributed by atoms with Gasteiger partial charge in [0.25, 0.3) is 0 Å². The maximum atomic E-state index is 5.24. The van der Waals surface area contributed by atoms with Gasteiger partial charge in [-0.25, -0.2) is 0 Å². The molecule has 0 fully saturated rings. The molecule has 0 radical (unpaired) electrons. The molecule has 0 heterocycles. The highest BCUT2D eigenvalue weighted by molar-refractivity contribution is 5.57. The van der Waals surface area contributed by atoms with Crippen LogP contribution < -0.4 is 10.1 Å². The average Bonchev–Trinajstić information content (AvgIpc) is 2.26. The smallest absolute Gasteiger partial charge is 0.126 e. The highest BCUT2D eigenvalue weighted by Gasteiger charge is 1.97. The number of ether oxygens (including phenoxy) is 1. The summed E-state index contributed by atoms with van der Waals surface area (Å²) in [5.41, 5.74) is 1.11. The molecule has 0 saturated heterocycles. The fourth-order valence-corrected chi connectivity index (χ4v) is 1.15. The van der Waals surface area contributed by atoms with Gasteiger partial charge in [0.2, 0.25) is 0 Å². The molecule has 0 saturated carbocycles. The lowest BCUT2D eigenvalue weighted by Gasteiger charge is -2.05. The Morgan fingerprint density at radius 3 is 2.71 bits per heavy atom. The van der Waals surface area contributed by atoms with Crippen LogP contribution in [0.1, 0.15) is 12.5 Å². The van der Waals surface area contributed by atoms with Crippen molar-refractivity contribution in [2.45, 2.75) is 13.0 Å². The Labute approximate surface area is 85.6 Å². The quantitative estimate of drug-likeness (QED) is 0.788. The Morgan fingerprint density at radius 1 is 1.36 bits per heavy atom. The number of para-hydroxylation sites is 1. The number of hydrogen-bond acceptors (Lipinski definition) is 2. The van der Waals surface area contributed by atoms with Crippen LogP contribution in [-0.4, -0.2) is 20.2 Å². The fourth-order valence-electron chi connectivity index (χ4n) is 1.15. The second-order valence-electron chi connectivity index (χ2n) is 3.18. The number of methoxy groups -OCH3 is 1. The van der Waals surface area contributed by atoms with Crippen molar-refractivity contribution in [3.63, 3.8) is 0 Å². The van der Waals surface area contributed by atoms with Crippen LogP contribution in [0.15, 0.2) is 30.3 Å². The van der Waals surface area contributed by atoms with Gasteiger partial charge in [-0.15, -0.1) is 0 Å². The normalized spacial score (nSPS) is 13.1. The number of rotatable bonds is 4. The van der Waals surface area contributed by atoms with Crippen LogP contribution >= 0.6 is 0 Å². The maximum Gasteiger partial charge on any atom is 0.126 e. The second-order valence-corrected chi connectivity index (χ2v) is 3.18. The van der Waals surface area contributed by atoms with E-state index in [-0.39, 0.29) is 0 Å². The molecule has 1 aromatic rings. The van der Waals surface area contributed by atoms with Crippen LogP contribution in [-0.2, 0) is 0 Å². The van der Waals surface area contributed by atoms with E-state index in [0.717, 1.165) is 11.3 Å². The summed E-state index contributed by atoms with van der Waals surface area (Å²) in [6.07, 6.45) is 4.18. The summed E-state index contributed by atoms with van der Waals surface area (Å²) in [7, 11) is 3.63. The molecular formula is C12H17NO. The topological polar surface area (TPSA) is 21.3 Å². The summed E-state index contributed by atoms with van der Waals surface area (Å²) < 4.78 is 5.24. The molecule has 0 bridgehead atoms. The average molecular weight is 191 g/mol. The lowest BCUT2D eigenvalue weighted by molar-refractivity contribution is 0.414. The zero-order valence-corrected chi connectivity index (χ0v) is 8.95. The van der Waals surface area contributed by atoms with Gasteiger partial charge in [0.05, 0.1) is 7.11 Å². The molecule has 76 valence electrons. The molecule has 0 aliphatic carbocycles. The fraction of sp³-hybridized carbons (Fsp3) is 0.333. The molecule has 1 N–H and O–H groups in total. The third-order valence-electron chi connectivity index (χ3n) is 2.16. The lowest BCUT2D eigenvalue weighted by Crippen LogP contribution is -2.17.